The first-order chi connectivity index (χ1) is 12.1. The van der Waals surface area contributed by atoms with Crippen molar-refractivity contribution in [2.45, 2.75) is 30.5 Å². The van der Waals surface area contributed by atoms with Gasteiger partial charge in [0.15, 0.2) is 5.82 Å². The van der Waals surface area contributed by atoms with Gasteiger partial charge >= 0.3 is 0 Å². The maximum atomic E-state index is 10.5. The molecule has 0 radical (unpaired) electrons. The van der Waals surface area contributed by atoms with Crippen LogP contribution in [0.5, 0.6) is 0 Å². The summed E-state index contributed by atoms with van der Waals surface area (Å²) in [5.41, 5.74) is 9.31. The largest absolute Gasteiger partial charge is 0.394 e. The van der Waals surface area contributed by atoms with E-state index < -0.39 is 37.1 Å². The van der Waals surface area contributed by atoms with Crippen molar-refractivity contribution in [1.82, 2.24) is 14.8 Å². The molecule has 25 heavy (non-hydrogen) atoms. The van der Waals surface area contributed by atoms with E-state index in [1.807, 2.05) is 0 Å². The number of halogens is 1. The molecule has 2 aromatic rings. The van der Waals surface area contributed by atoms with E-state index in [1.165, 1.54) is 6.33 Å². The van der Waals surface area contributed by atoms with Crippen LogP contribution in [0.4, 0.5) is 0 Å². The molecular weight excluding hydrogens is 352 g/mol. The zero-order valence-corrected chi connectivity index (χ0v) is 13.5. The number of hydrogen-bond donors (Lipinski definition) is 3. The fourth-order valence-electron chi connectivity index (χ4n) is 2.77. The molecule has 0 aliphatic carbocycles. The molecule has 1 fully saturated rings. The summed E-state index contributed by atoms with van der Waals surface area (Å²) in [6.45, 7) is -0.521. The molecule has 3 N–H and O–H groups in total. The van der Waals surface area contributed by atoms with Crippen LogP contribution in [-0.2, 0) is 4.74 Å². The van der Waals surface area contributed by atoms with E-state index in [0.29, 0.717) is 10.7 Å². The summed E-state index contributed by atoms with van der Waals surface area (Å²) in [6.07, 6.45) is -3.44. The lowest BCUT2D eigenvalue weighted by Gasteiger charge is -2.40. The van der Waals surface area contributed by atoms with Crippen molar-refractivity contribution in [3.63, 3.8) is 0 Å². The van der Waals surface area contributed by atoms with Crippen molar-refractivity contribution in [3.8, 4) is 5.69 Å². The summed E-state index contributed by atoms with van der Waals surface area (Å²) in [5, 5.41) is 41.7. The van der Waals surface area contributed by atoms with Gasteiger partial charge in [0.05, 0.1) is 24.9 Å². The summed E-state index contributed by atoms with van der Waals surface area (Å²) < 4.78 is 7.14. The first-order valence-corrected chi connectivity index (χ1v) is 7.77. The average molecular weight is 367 g/mol. The molecule has 0 saturated carbocycles. The molecule has 1 aromatic carbocycles. The molecule has 5 atom stereocenters. The summed E-state index contributed by atoms with van der Waals surface area (Å²) in [6, 6.07) is 5.68. The molecule has 132 valence electrons. The van der Waals surface area contributed by atoms with Gasteiger partial charge in [0, 0.05) is 15.6 Å². The van der Waals surface area contributed by atoms with Crippen LogP contribution in [0.25, 0.3) is 16.1 Å². The summed E-state index contributed by atoms with van der Waals surface area (Å²) in [4.78, 5) is 2.64. The predicted molar refractivity (Wildman–Crippen MR) is 86.0 cm³/mol. The Balaban J connectivity index is 2.01. The van der Waals surface area contributed by atoms with Crippen molar-refractivity contribution in [3.05, 3.63) is 51.9 Å². The molecule has 1 aliphatic rings. The SMILES string of the molecule is [N-]=[N+]=N[C@H]1[C@@H](O)[C@@H](CO)O[C@@H](c2nncn2-c2cccc(Cl)c2)[C@@H]1O. The Hall–Kier alpha value is -2.20. The number of nitrogens with zero attached hydrogens (tertiary/aromatic N) is 6. The lowest BCUT2D eigenvalue weighted by atomic mass is 9.93. The molecule has 1 aliphatic heterocycles. The van der Waals surface area contributed by atoms with Gasteiger partial charge in [0.2, 0.25) is 0 Å². The highest BCUT2D eigenvalue weighted by molar-refractivity contribution is 6.30. The average Bonchev–Trinajstić information content (AvgIpc) is 3.08. The van der Waals surface area contributed by atoms with E-state index >= 15 is 0 Å². The maximum absolute atomic E-state index is 10.5. The number of hydrogen-bond acceptors (Lipinski definition) is 7. The maximum Gasteiger partial charge on any atom is 0.169 e. The molecule has 0 amide bonds. The topological polar surface area (TPSA) is 149 Å². The van der Waals surface area contributed by atoms with Crippen LogP contribution in [0.15, 0.2) is 35.7 Å². The van der Waals surface area contributed by atoms with Gasteiger partial charge in [-0.15, -0.1) is 10.2 Å². The number of aliphatic hydroxyl groups excluding tert-OH is 3. The Morgan fingerprint density at radius 2 is 2.16 bits per heavy atom. The van der Waals surface area contributed by atoms with Gasteiger partial charge in [-0.2, -0.15) is 0 Å². The number of azide groups is 1. The standard InChI is InChI=1S/C14H15ClN6O4/c15-7-2-1-3-8(4-7)21-6-17-19-14(21)13-12(24)10(18-20-16)11(23)9(5-22)25-13/h1-4,6,9-13,22-24H,5H2/t9-,10+,11+,12-,13-/m1/s1. The third-order valence-corrected chi connectivity index (χ3v) is 4.23. The van der Waals surface area contributed by atoms with Crippen LogP contribution in [0, 0.1) is 0 Å². The molecule has 3 rings (SSSR count). The second kappa shape index (κ2) is 7.36. The highest BCUT2D eigenvalue weighted by Gasteiger charge is 2.46. The molecule has 0 spiro atoms. The molecule has 1 aromatic heterocycles. The molecule has 2 heterocycles. The quantitative estimate of drug-likeness (QED) is 0.413. The van der Waals surface area contributed by atoms with Crippen molar-refractivity contribution in [1.29, 1.82) is 0 Å². The van der Waals surface area contributed by atoms with Gasteiger partial charge < -0.3 is 20.1 Å². The van der Waals surface area contributed by atoms with E-state index in [-0.39, 0.29) is 5.82 Å². The molecule has 0 bridgehead atoms. The highest BCUT2D eigenvalue weighted by atomic mass is 35.5. The normalized spacial score (nSPS) is 29.2. The fourth-order valence-corrected chi connectivity index (χ4v) is 2.96. The third kappa shape index (κ3) is 3.31. The first-order valence-electron chi connectivity index (χ1n) is 7.39. The first kappa shape index (κ1) is 17.6. The van der Waals surface area contributed by atoms with Gasteiger partial charge in [-0.1, -0.05) is 22.8 Å². The molecular formula is C14H15ClN6O4. The van der Waals surface area contributed by atoms with Gasteiger partial charge in [0.1, 0.15) is 18.5 Å². The van der Waals surface area contributed by atoms with E-state index in [1.54, 1.807) is 28.8 Å². The predicted octanol–water partition coefficient (Wildman–Crippen LogP) is 0.754. The molecule has 0 unspecified atom stereocenters. The number of aliphatic hydroxyl groups is 3. The van der Waals surface area contributed by atoms with E-state index in [2.05, 4.69) is 20.2 Å². The van der Waals surface area contributed by atoms with Crippen LogP contribution in [0.3, 0.4) is 0 Å². The number of rotatable bonds is 4. The lowest BCUT2D eigenvalue weighted by Crippen LogP contribution is -2.54. The Labute approximate surface area is 146 Å². The highest BCUT2D eigenvalue weighted by Crippen LogP contribution is 2.34. The number of benzene rings is 1. The Kier molecular flexibility index (Phi) is 5.19. The van der Waals surface area contributed by atoms with E-state index in [9.17, 15) is 15.3 Å². The second-order valence-electron chi connectivity index (χ2n) is 5.49. The van der Waals surface area contributed by atoms with Gasteiger partial charge in [-0.3, -0.25) is 4.57 Å². The number of aromatic nitrogens is 3. The minimum Gasteiger partial charge on any atom is -0.394 e. The lowest BCUT2D eigenvalue weighted by molar-refractivity contribution is -0.193. The fraction of sp³-hybridized carbons (Fsp3) is 0.429. The summed E-state index contributed by atoms with van der Waals surface area (Å²) >= 11 is 6.00. The summed E-state index contributed by atoms with van der Waals surface area (Å²) in [7, 11) is 0. The zero-order chi connectivity index (χ0) is 18.0. The zero-order valence-electron chi connectivity index (χ0n) is 12.8. The molecule has 10 nitrogen and oxygen atoms in total. The van der Waals surface area contributed by atoms with E-state index in [0.717, 1.165) is 0 Å². The van der Waals surface area contributed by atoms with Crippen LogP contribution in [-0.4, -0.2) is 61.0 Å². The van der Waals surface area contributed by atoms with Crippen LogP contribution < -0.4 is 0 Å². The van der Waals surface area contributed by atoms with Crippen molar-refractivity contribution in [2.75, 3.05) is 6.61 Å². The van der Waals surface area contributed by atoms with Crippen molar-refractivity contribution < 1.29 is 20.1 Å². The van der Waals surface area contributed by atoms with Crippen LogP contribution in [0.2, 0.25) is 5.02 Å². The van der Waals surface area contributed by atoms with Crippen molar-refractivity contribution >= 4 is 11.6 Å². The number of ether oxygens (including phenoxy) is 1. The second-order valence-corrected chi connectivity index (χ2v) is 5.93. The van der Waals surface area contributed by atoms with Gasteiger partial charge in [-0.05, 0) is 23.7 Å². The van der Waals surface area contributed by atoms with E-state index in [4.69, 9.17) is 21.9 Å². The van der Waals surface area contributed by atoms with Crippen molar-refractivity contribution in [2.24, 2.45) is 5.11 Å². The van der Waals surface area contributed by atoms with Gasteiger partial charge in [-0.25, -0.2) is 0 Å². The molecule has 1 saturated heterocycles. The minimum absolute atomic E-state index is 0.221. The third-order valence-electron chi connectivity index (χ3n) is 3.99. The Bertz CT molecular complexity index is 795. The summed E-state index contributed by atoms with van der Waals surface area (Å²) in [5.74, 6) is 0.221. The minimum atomic E-state index is -1.38. The van der Waals surface area contributed by atoms with Gasteiger partial charge in [0.25, 0.3) is 0 Å². The Morgan fingerprint density at radius 1 is 1.36 bits per heavy atom. The molecule has 11 heteroatoms. The smallest absolute Gasteiger partial charge is 0.169 e. The van der Waals surface area contributed by atoms with Crippen LogP contribution in [0.1, 0.15) is 11.9 Å². The Morgan fingerprint density at radius 3 is 2.84 bits per heavy atom. The van der Waals surface area contributed by atoms with Crippen LogP contribution >= 0.6 is 11.6 Å². The monoisotopic (exact) mass is 366 g/mol.